The number of hydrogen-bond donors (Lipinski definition) is 2. The van der Waals surface area contributed by atoms with Crippen LogP contribution in [-0.4, -0.2) is 57.7 Å². The minimum absolute atomic E-state index is 0.0993. The summed E-state index contributed by atoms with van der Waals surface area (Å²) in [5.74, 6) is 0.473. The number of carbonyl (C=O) groups excluding carboxylic acids is 1. The normalized spacial score (nSPS) is 14.0. The van der Waals surface area contributed by atoms with E-state index >= 15 is 0 Å². The Morgan fingerprint density at radius 3 is 2.82 bits per heavy atom. The van der Waals surface area contributed by atoms with Crippen molar-refractivity contribution in [1.82, 2.24) is 14.9 Å². The van der Waals surface area contributed by atoms with Crippen molar-refractivity contribution in [2.24, 2.45) is 0 Å². The van der Waals surface area contributed by atoms with Gasteiger partial charge in [-0.05, 0) is 36.0 Å². The van der Waals surface area contributed by atoms with Gasteiger partial charge in [-0.3, -0.25) is 4.79 Å². The Morgan fingerprint density at radius 2 is 2.18 bits per heavy atom. The largest absolute Gasteiger partial charge is 0.492 e. The van der Waals surface area contributed by atoms with E-state index in [4.69, 9.17) is 9.39 Å². The number of fused-ring (bicyclic) bond motifs is 1. The van der Waals surface area contributed by atoms with E-state index in [0.29, 0.717) is 24.2 Å². The standard InChI is InChI=1S/C19H24BN3O5/c1-4-5-14(10-24)23(3)19(25)15-8-22-17(9-21-15)28-16-7-6-13-11-27-20(26)18(13)12(16)2/h6-9,14,24,26H,4-5,10-11H2,1-3H3/t14-/m1/s1. The lowest BCUT2D eigenvalue weighted by atomic mass is 9.76. The number of aromatic nitrogens is 2. The van der Waals surface area contributed by atoms with E-state index in [2.05, 4.69) is 9.97 Å². The van der Waals surface area contributed by atoms with Gasteiger partial charge in [-0.2, -0.15) is 0 Å². The molecule has 0 aliphatic carbocycles. The third-order valence-electron chi connectivity index (χ3n) is 4.96. The predicted molar refractivity (Wildman–Crippen MR) is 104 cm³/mol. The van der Waals surface area contributed by atoms with Crippen LogP contribution in [-0.2, 0) is 11.3 Å². The molecule has 0 bridgehead atoms. The predicted octanol–water partition coefficient (Wildman–Crippen LogP) is 1.03. The van der Waals surface area contributed by atoms with Crippen LogP contribution in [0.15, 0.2) is 24.5 Å². The number of amides is 1. The number of aliphatic hydroxyl groups excluding tert-OH is 1. The average Bonchev–Trinajstić information content (AvgIpc) is 3.09. The van der Waals surface area contributed by atoms with E-state index in [0.717, 1.165) is 17.5 Å². The first-order valence-electron chi connectivity index (χ1n) is 9.26. The molecule has 28 heavy (non-hydrogen) atoms. The highest BCUT2D eigenvalue weighted by Gasteiger charge is 2.30. The highest BCUT2D eigenvalue weighted by Crippen LogP contribution is 2.25. The molecule has 1 aliphatic rings. The maximum Gasteiger partial charge on any atom is 0.492 e. The molecule has 0 spiro atoms. The molecular formula is C19H24BN3O5. The molecule has 1 aromatic heterocycles. The molecule has 1 aliphatic heterocycles. The van der Waals surface area contributed by atoms with Crippen LogP contribution in [0, 0.1) is 6.92 Å². The molecular weight excluding hydrogens is 361 g/mol. The van der Waals surface area contributed by atoms with Gasteiger partial charge in [0.15, 0.2) is 0 Å². The Kier molecular flexibility index (Phi) is 6.28. The van der Waals surface area contributed by atoms with Gasteiger partial charge in [-0.25, -0.2) is 9.97 Å². The van der Waals surface area contributed by atoms with Gasteiger partial charge in [0.2, 0.25) is 5.88 Å². The van der Waals surface area contributed by atoms with Gasteiger partial charge in [-0.1, -0.05) is 19.4 Å². The Hall–Kier alpha value is -2.49. The van der Waals surface area contributed by atoms with Gasteiger partial charge < -0.3 is 24.4 Å². The molecule has 9 heteroatoms. The second-order valence-corrected chi connectivity index (χ2v) is 6.81. The molecule has 3 rings (SSSR count). The number of benzene rings is 1. The number of hydrogen-bond acceptors (Lipinski definition) is 7. The molecule has 8 nitrogen and oxygen atoms in total. The van der Waals surface area contributed by atoms with Crippen molar-refractivity contribution >= 4 is 18.5 Å². The van der Waals surface area contributed by atoms with Crippen molar-refractivity contribution in [3.8, 4) is 11.6 Å². The van der Waals surface area contributed by atoms with Crippen LogP contribution >= 0.6 is 0 Å². The molecule has 2 aromatic rings. The second-order valence-electron chi connectivity index (χ2n) is 6.81. The highest BCUT2D eigenvalue weighted by molar-refractivity contribution is 6.62. The fourth-order valence-electron chi connectivity index (χ4n) is 3.28. The van der Waals surface area contributed by atoms with E-state index in [9.17, 15) is 14.9 Å². The summed E-state index contributed by atoms with van der Waals surface area (Å²) in [7, 11) is 0.689. The van der Waals surface area contributed by atoms with Gasteiger partial charge >= 0.3 is 7.12 Å². The van der Waals surface area contributed by atoms with Crippen LogP contribution < -0.4 is 10.2 Å². The van der Waals surface area contributed by atoms with Crippen LogP contribution in [0.2, 0.25) is 0 Å². The fourth-order valence-corrected chi connectivity index (χ4v) is 3.28. The van der Waals surface area contributed by atoms with Crippen molar-refractivity contribution < 1.29 is 24.3 Å². The third kappa shape index (κ3) is 4.01. The summed E-state index contributed by atoms with van der Waals surface area (Å²) in [5, 5.41) is 19.4. The first-order chi connectivity index (χ1) is 13.5. The van der Waals surface area contributed by atoms with Crippen molar-refractivity contribution in [1.29, 1.82) is 0 Å². The fraction of sp³-hybridized carbons (Fsp3) is 0.421. The zero-order chi connectivity index (χ0) is 20.3. The summed E-state index contributed by atoms with van der Waals surface area (Å²) in [6.07, 6.45) is 4.31. The molecule has 1 aromatic carbocycles. The first kappa shape index (κ1) is 20.3. The minimum Gasteiger partial charge on any atom is -0.437 e. The average molecular weight is 385 g/mol. The Morgan fingerprint density at radius 1 is 1.39 bits per heavy atom. The zero-order valence-corrected chi connectivity index (χ0v) is 16.3. The Labute approximate surface area is 164 Å². The van der Waals surface area contributed by atoms with E-state index < -0.39 is 7.12 Å². The van der Waals surface area contributed by atoms with E-state index in [1.54, 1.807) is 13.1 Å². The van der Waals surface area contributed by atoms with Crippen molar-refractivity contribution in [3.63, 3.8) is 0 Å². The summed E-state index contributed by atoms with van der Waals surface area (Å²) in [6.45, 7) is 4.11. The number of nitrogens with zero attached hydrogens (tertiary/aromatic N) is 3. The van der Waals surface area contributed by atoms with E-state index in [-0.39, 0.29) is 30.1 Å². The minimum atomic E-state index is -0.956. The molecule has 148 valence electrons. The molecule has 0 radical (unpaired) electrons. The summed E-state index contributed by atoms with van der Waals surface area (Å²) < 4.78 is 11.0. The zero-order valence-electron chi connectivity index (χ0n) is 16.3. The number of likely N-dealkylation sites (N-methyl/N-ethyl adjacent to an activating group) is 1. The monoisotopic (exact) mass is 385 g/mol. The van der Waals surface area contributed by atoms with Crippen molar-refractivity contribution in [3.05, 3.63) is 41.3 Å². The first-order valence-corrected chi connectivity index (χ1v) is 9.26. The molecule has 2 N–H and O–H groups in total. The lowest BCUT2D eigenvalue weighted by molar-refractivity contribution is 0.0641. The number of carbonyl (C=O) groups is 1. The molecule has 0 saturated heterocycles. The van der Waals surface area contributed by atoms with Crippen LogP contribution in [0.3, 0.4) is 0 Å². The Balaban J connectivity index is 1.73. The van der Waals surface area contributed by atoms with E-state index in [1.165, 1.54) is 17.3 Å². The number of aliphatic hydroxyl groups is 1. The summed E-state index contributed by atoms with van der Waals surface area (Å²) in [5.41, 5.74) is 2.59. The summed E-state index contributed by atoms with van der Waals surface area (Å²) >= 11 is 0. The maximum atomic E-state index is 12.5. The van der Waals surface area contributed by atoms with Gasteiger partial charge in [-0.15, -0.1) is 0 Å². The second kappa shape index (κ2) is 8.68. The van der Waals surface area contributed by atoms with Gasteiger partial charge in [0.25, 0.3) is 5.91 Å². The van der Waals surface area contributed by atoms with Gasteiger partial charge in [0, 0.05) is 7.05 Å². The summed E-state index contributed by atoms with van der Waals surface area (Å²) in [6, 6.07) is 3.38. The van der Waals surface area contributed by atoms with Gasteiger partial charge in [0.1, 0.15) is 11.4 Å². The number of ether oxygens (including phenoxy) is 1. The van der Waals surface area contributed by atoms with E-state index in [1.807, 2.05) is 19.9 Å². The van der Waals surface area contributed by atoms with Crippen molar-refractivity contribution in [2.75, 3.05) is 13.7 Å². The third-order valence-corrected chi connectivity index (χ3v) is 4.96. The van der Waals surface area contributed by atoms with Crippen LogP contribution in [0.5, 0.6) is 11.6 Å². The van der Waals surface area contributed by atoms with Gasteiger partial charge in [0.05, 0.1) is 31.6 Å². The van der Waals surface area contributed by atoms with Crippen LogP contribution in [0.4, 0.5) is 0 Å². The van der Waals surface area contributed by atoms with Crippen molar-refractivity contribution in [2.45, 2.75) is 39.3 Å². The highest BCUT2D eigenvalue weighted by atomic mass is 16.5. The smallest absolute Gasteiger partial charge is 0.437 e. The lowest BCUT2D eigenvalue weighted by Gasteiger charge is -2.25. The lowest BCUT2D eigenvalue weighted by Crippen LogP contribution is -2.39. The molecule has 1 atom stereocenters. The van der Waals surface area contributed by atoms with Crippen LogP contribution in [0.25, 0.3) is 0 Å². The quantitative estimate of drug-likeness (QED) is 0.686. The molecule has 2 heterocycles. The maximum absolute atomic E-state index is 12.5. The van der Waals surface area contributed by atoms with Crippen LogP contribution in [0.1, 0.15) is 41.4 Å². The topological polar surface area (TPSA) is 105 Å². The Bertz CT molecular complexity index is 846. The molecule has 0 unspecified atom stereocenters. The molecule has 0 saturated carbocycles. The summed E-state index contributed by atoms with van der Waals surface area (Å²) in [4.78, 5) is 22.4. The molecule has 0 fully saturated rings. The number of rotatable bonds is 7. The molecule has 1 amide bonds. The SMILES string of the molecule is CCC[C@H](CO)N(C)C(=O)c1cnc(Oc2ccc3c(c2C)B(O)OC3)cn1.